The maximum atomic E-state index is 6.13. The number of hydrogen-bond donors (Lipinski definition) is 1. The van der Waals surface area contributed by atoms with Gasteiger partial charge in [-0.2, -0.15) is 4.98 Å². The number of benzene rings is 2. The van der Waals surface area contributed by atoms with Crippen molar-refractivity contribution >= 4 is 34.9 Å². The van der Waals surface area contributed by atoms with E-state index in [1.54, 1.807) is 26.4 Å². The maximum absolute atomic E-state index is 6.13. The molecular formula is C20H20ClN5O2. The SMILES string of the molecule is C=CCN(c1cccc(Cl)c1)c1ncnc(Nc2cc(OC)cc(OC)c2)n1. The Labute approximate surface area is 168 Å². The number of halogens is 1. The second-order valence-corrected chi connectivity index (χ2v) is 6.15. The van der Waals surface area contributed by atoms with Crippen LogP contribution in [0.5, 0.6) is 11.5 Å². The first kappa shape index (κ1) is 19.4. The zero-order valence-corrected chi connectivity index (χ0v) is 16.3. The van der Waals surface area contributed by atoms with Gasteiger partial charge in [-0.1, -0.05) is 23.7 Å². The fourth-order valence-electron chi connectivity index (χ4n) is 2.56. The second-order valence-electron chi connectivity index (χ2n) is 5.71. The van der Waals surface area contributed by atoms with Crippen molar-refractivity contribution in [1.82, 2.24) is 15.0 Å². The van der Waals surface area contributed by atoms with Crippen molar-refractivity contribution in [1.29, 1.82) is 0 Å². The van der Waals surface area contributed by atoms with Gasteiger partial charge in [0.1, 0.15) is 17.8 Å². The molecule has 8 heteroatoms. The highest BCUT2D eigenvalue weighted by atomic mass is 35.5. The molecule has 28 heavy (non-hydrogen) atoms. The molecule has 3 rings (SSSR count). The van der Waals surface area contributed by atoms with Crippen LogP contribution in [0, 0.1) is 0 Å². The number of aromatic nitrogens is 3. The Balaban J connectivity index is 1.91. The van der Waals surface area contributed by atoms with Crippen LogP contribution in [0.3, 0.4) is 0 Å². The lowest BCUT2D eigenvalue weighted by atomic mass is 10.3. The van der Waals surface area contributed by atoms with Gasteiger partial charge in [0.15, 0.2) is 0 Å². The van der Waals surface area contributed by atoms with Gasteiger partial charge >= 0.3 is 0 Å². The molecule has 0 fully saturated rings. The Hall–Kier alpha value is -3.32. The number of ether oxygens (including phenoxy) is 2. The van der Waals surface area contributed by atoms with Crippen LogP contribution >= 0.6 is 11.6 Å². The second kappa shape index (κ2) is 9.05. The van der Waals surface area contributed by atoms with Gasteiger partial charge in [-0.05, 0) is 18.2 Å². The Morgan fingerprint density at radius 3 is 2.50 bits per heavy atom. The number of nitrogens with one attached hydrogen (secondary N) is 1. The smallest absolute Gasteiger partial charge is 0.235 e. The summed E-state index contributed by atoms with van der Waals surface area (Å²) in [6.45, 7) is 4.32. The molecule has 0 radical (unpaired) electrons. The van der Waals surface area contributed by atoms with Gasteiger partial charge in [-0.15, -0.1) is 6.58 Å². The Morgan fingerprint density at radius 2 is 1.86 bits per heavy atom. The minimum absolute atomic E-state index is 0.386. The third-order valence-electron chi connectivity index (χ3n) is 3.84. The zero-order valence-electron chi connectivity index (χ0n) is 15.6. The van der Waals surface area contributed by atoms with Crippen molar-refractivity contribution in [3.8, 4) is 11.5 Å². The molecule has 0 aliphatic rings. The molecule has 0 saturated heterocycles. The van der Waals surface area contributed by atoms with Gasteiger partial charge in [-0.25, -0.2) is 9.97 Å². The van der Waals surface area contributed by atoms with Crippen LogP contribution in [-0.2, 0) is 0 Å². The van der Waals surface area contributed by atoms with Crippen LogP contribution in [0.1, 0.15) is 0 Å². The summed E-state index contributed by atoms with van der Waals surface area (Å²) in [7, 11) is 3.19. The molecule has 3 aromatic rings. The predicted molar refractivity (Wildman–Crippen MR) is 111 cm³/mol. The zero-order chi connectivity index (χ0) is 19.9. The minimum Gasteiger partial charge on any atom is -0.497 e. The lowest BCUT2D eigenvalue weighted by Gasteiger charge is -2.21. The van der Waals surface area contributed by atoms with E-state index in [0.29, 0.717) is 35.0 Å². The van der Waals surface area contributed by atoms with E-state index in [1.807, 2.05) is 41.3 Å². The molecule has 144 valence electrons. The summed E-state index contributed by atoms with van der Waals surface area (Å²) in [5.74, 6) is 2.16. The van der Waals surface area contributed by atoms with Gasteiger partial charge in [0, 0.05) is 41.1 Å². The quantitative estimate of drug-likeness (QED) is 0.556. The van der Waals surface area contributed by atoms with Crippen LogP contribution in [0.25, 0.3) is 0 Å². The first-order valence-electron chi connectivity index (χ1n) is 8.46. The number of anilines is 4. The van der Waals surface area contributed by atoms with Crippen LogP contribution in [0.2, 0.25) is 5.02 Å². The summed E-state index contributed by atoms with van der Waals surface area (Å²) >= 11 is 6.13. The average molecular weight is 398 g/mol. The summed E-state index contributed by atoms with van der Waals surface area (Å²) in [6, 6.07) is 12.9. The normalized spacial score (nSPS) is 10.2. The topological polar surface area (TPSA) is 72.4 Å². The van der Waals surface area contributed by atoms with Gasteiger partial charge in [0.2, 0.25) is 11.9 Å². The third-order valence-corrected chi connectivity index (χ3v) is 4.07. The average Bonchev–Trinajstić information content (AvgIpc) is 2.71. The fourth-order valence-corrected chi connectivity index (χ4v) is 2.75. The Morgan fingerprint density at radius 1 is 1.11 bits per heavy atom. The van der Waals surface area contributed by atoms with Crippen molar-refractivity contribution in [2.24, 2.45) is 0 Å². The van der Waals surface area contributed by atoms with E-state index >= 15 is 0 Å². The maximum Gasteiger partial charge on any atom is 0.235 e. The number of nitrogens with zero attached hydrogens (tertiary/aromatic N) is 4. The minimum atomic E-state index is 0.386. The monoisotopic (exact) mass is 397 g/mol. The van der Waals surface area contributed by atoms with E-state index in [0.717, 1.165) is 11.4 Å². The fraction of sp³-hybridized carbons (Fsp3) is 0.150. The molecule has 0 unspecified atom stereocenters. The molecule has 0 saturated carbocycles. The molecule has 1 N–H and O–H groups in total. The first-order valence-corrected chi connectivity index (χ1v) is 8.84. The molecule has 0 amide bonds. The number of rotatable bonds is 8. The predicted octanol–water partition coefficient (Wildman–Crippen LogP) is 4.61. The summed E-state index contributed by atoms with van der Waals surface area (Å²) in [6.07, 6.45) is 3.22. The van der Waals surface area contributed by atoms with E-state index in [9.17, 15) is 0 Å². The van der Waals surface area contributed by atoms with Crippen LogP contribution < -0.4 is 19.7 Å². The van der Waals surface area contributed by atoms with E-state index in [4.69, 9.17) is 21.1 Å². The molecule has 2 aromatic carbocycles. The Bertz CT molecular complexity index is 945. The van der Waals surface area contributed by atoms with Gasteiger partial charge < -0.3 is 19.7 Å². The summed E-state index contributed by atoms with van der Waals surface area (Å²) < 4.78 is 10.6. The number of methoxy groups -OCH3 is 2. The Kier molecular flexibility index (Phi) is 6.29. The molecule has 0 spiro atoms. The van der Waals surface area contributed by atoms with Crippen LogP contribution in [0.4, 0.5) is 23.3 Å². The molecule has 0 bridgehead atoms. The van der Waals surface area contributed by atoms with Crippen molar-refractivity contribution in [2.75, 3.05) is 31.0 Å². The van der Waals surface area contributed by atoms with E-state index in [-0.39, 0.29) is 0 Å². The van der Waals surface area contributed by atoms with Crippen LogP contribution in [0.15, 0.2) is 61.4 Å². The standard InChI is InChI=1S/C20H20ClN5O2/c1-4-8-26(16-7-5-6-14(21)9-16)20-23-13-22-19(25-20)24-15-10-17(27-2)12-18(11-15)28-3/h4-7,9-13H,1,8H2,2-3H3,(H,22,23,24,25). The molecule has 1 aromatic heterocycles. The highest BCUT2D eigenvalue weighted by Gasteiger charge is 2.13. The summed E-state index contributed by atoms with van der Waals surface area (Å²) in [4.78, 5) is 14.9. The molecule has 7 nitrogen and oxygen atoms in total. The first-order chi connectivity index (χ1) is 13.6. The molecule has 0 aliphatic carbocycles. The van der Waals surface area contributed by atoms with Crippen molar-refractivity contribution in [3.63, 3.8) is 0 Å². The van der Waals surface area contributed by atoms with Crippen molar-refractivity contribution in [3.05, 3.63) is 66.5 Å². The number of hydrogen-bond acceptors (Lipinski definition) is 7. The van der Waals surface area contributed by atoms with Crippen molar-refractivity contribution < 1.29 is 9.47 Å². The van der Waals surface area contributed by atoms with E-state index < -0.39 is 0 Å². The third kappa shape index (κ3) is 4.69. The molecular weight excluding hydrogens is 378 g/mol. The lowest BCUT2D eigenvalue weighted by Crippen LogP contribution is -2.20. The molecule has 0 atom stereocenters. The van der Waals surface area contributed by atoms with Gasteiger partial charge in [0.05, 0.1) is 14.2 Å². The summed E-state index contributed by atoms with van der Waals surface area (Å²) in [5, 5.41) is 3.78. The summed E-state index contributed by atoms with van der Waals surface area (Å²) in [5.41, 5.74) is 1.58. The van der Waals surface area contributed by atoms with E-state index in [1.165, 1.54) is 6.33 Å². The van der Waals surface area contributed by atoms with Gasteiger partial charge in [-0.3, -0.25) is 0 Å². The van der Waals surface area contributed by atoms with E-state index in [2.05, 4.69) is 26.8 Å². The van der Waals surface area contributed by atoms with Crippen LogP contribution in [-0.4, -0.2) is 35.7 Å². The highest BCUT2D eigenvalue weighted by Crippen LogP contribution is 2.28. The van der Waals surface area contributed by atoms with Crippen molar-refractivity contribution in [2.45, 2.75) is 0 Å². The largest absolute Gasteiger partial charge is 0.497 e. The lowest BCUT2D eigenvalue weighted by molar-refractivity contribution is 0.395. The van der Waals surface area contributed by atoms with Gasteiger partial charge in [0.25, 0.3) is 0 Å². The molecule has 1 heterocycles. The highest BCUT2D eigenvalue weighted by molar-refractivity contribution is 6.30. The molecule has 0 aliphatic heterocycles.